The molecule has 48 valence electrons. The Bertz CT molecular complexity index is 170. The number of hydrogen-bond donors (Lipinski definition) is 0. The van der Waals surface area contributed by atoms with E-state index in [2.05, 4.69) is 0 Å². The van der Waals surface area contributed by atoms with E-state index < -0.39 is 10.1 Å². The van der Waals surface area contributed by atoms with E-state index in [0.29, 0.717) is 0 Å². The average molecular weight is 158 g/mol. The van der Waals surface area contributed by atoms with Crippen LogP contribution in [0.15, 0.2) is 0 Å². The van der Waals surface area contributed by atoms with Crippen LogP contribution in [0.2, 0.25) is 0 Å². The monoisotopic (exact) mass is 158 g/mol. The zero-order valence-electron chi connectivity index (χ0n) is 5.33. The first-order chi connectivity index (χ1) is 3.58. The molecule has 1 aliphatic rings. The SMILES string of the molecule is O=S(=O)([O-])CC1CC1.[Na+]. The van der Waals surface area contributed by atoms with Gasteiger partial charge in [0.15, 0.2) is 0 Å². The third-order valence-electron chi connectivity index (χ3n) is 1.14. The van der Waals surface area contributed by atoms with Crippen molar-refractivity contribution in [2.24, 2.45) is 5.92 Å². The van der Waals surface area contributed by atoms with E-state index in [1.807, 2.05) is 0 Å². The van der Waals surface area contributed by atoms with Crippen LogP contribution >= 0.6 is 0 Å². The minimum Gasteiger partial charge on any atom is -0.748 e. The van der Waals surface area contributed by atoms with Crippen LogP contribution in [0.4, 0.5) is 0 Å². The fourth-order valence-corrected chi connectivity index (χ4v) is 1.48. The Kier molecular flexibility index (Phi) is 3.68. The minimum absolute atomic E-state index is 0. The van der Waals surface area contributed by atoms with Crippen LogP contribution in [0.1, 0.15) is 12.8 Å². The van der Waals surface area contributed by atoms with Gasteiger partial charge in [0.1, 0.15) is 0 Å². The molecule has 0 aromatic heterocycles. The molecule has 9 heavy (non-hydrogen) atoms. The first kappa shape index (κ1) is 9.91. The van der Waals surface area contributed by atoms with Gasteiger partial charge in [-0.1, -0.05) is 0 Å². The number of hydrogen-bond acceptors (Lipinski definition) is 3. The molecule has 0 unspecified atom stereocenters. The third-order valence-corrected chi connectivity index (χ3v) is 2.02. The standard InChI is InChI=1S/C4H8O3S.Na/c5-8(6,7)3-4-1-2-4;/h4H,1-3H2,(H,5,6,7);/q;+1/p-1. The summed E-state index contributed by atoms with van der Waals surface area (Å²) in [6, 6.07) is 0. The van der Waals surface area contributed by atoms with Crippen LogP contribution < -0.4 is 29.6 Å². The molecule has 0 aromatic rings. The zero-order valence-corrected chi connectivity index (χ0v) is 8.15. The molecule has 0 spiro atoms. The van der Waals surface area contributed by atoms with Gasteiger partial charge in [-0.3, -0.25) is 0 Å². The molecule has 1 aliphatic carbocycles. The second-order valence-corrected chi connectivity index (χ2v) is 3.62. The molecule has 0 N–H and O–H groups in total. The van der Waals surface area contributed by atoms with Gasteiger partial charge in [-0.05, 0) is 18.8 Å². The van der Waals surface area contributed by atoms with Crippen molar-refractivity contribution in [3.8, 4) is 0 Å². The Morgan fingerprint density at radius 2 is 1.89 bits per heavy atom. The normalized spacial score (nSPS) is 18.8. The Labute approximate surface area is 76.9 Å². The Morgan fingerprint density at radius 3 is 2.00 bits per heavy atom. The molecule has 1 saturated carbocycles. The van der Waals surface area contributed by atoms with E-state index >= 15 is 0 Å². The summed E-state index contributed by atoms with van der Waals surface area (Å²) >= 11 is 0. The Balaban J connectivity index is 0.000000640. The molecule has 0 saturated heterocycles. The van der Waals surface area contributed by atoms with Crippen molar-refractivity contribution in [3.63, 3.8) is 0 Å². The average Bonchev–Trinajstić information content (AvgIpc) is 2.12. The Morgan fingerprint density at radius 1 is 1.44 bits per heavy atom. The van der Waals surface area contributed by atoms with Crippen molar-refractivity contribution in [2.45, 2.75) is 12.8 Å². The van der Waals surface area contributed by atoms with Gasteiger partial charge in [-0.2, -0.15) is 0 Å². The Hall–Kier alpha value is 0.910. The molecule has 0 radical (unpaired) electrons. The van der Waals surface area contributed by atoms with Crippen molar-refractivity contribution < 1.29 is 42.5 Å². The molecule has 0 amide bonds. The van der Waals surface area contributed by atoms with E-state index in [1.54, 1.807) is 0 Å². The predicted molar refractivity (Wildman–Crippen MR) is 27.3 cm³/mol. The second kappa shape index (κ2) is 3.34. The van der Waals surface area contributed by atoms with Gasteiger partial charge in [-0.25, -0.2) is 8.42 Å². The van der Waals surface area contributed by atoms with E-state index in [1.165, 1.54) is 0 Å². The summed E-state index contributed by atoms with van der Waals surface area (Å²) < 4.78 is 29.8. The van der Waals surface area contributed by atoms with Gasteiger partial charge in [0.05, 0.1) is 10.1 Å². The first-order valence-corrected chi connectivity index (χ1v) is 4.09. The zero-order chi connectivity index (χ0) is 6.20. The summed E-state index contributed by atoms with van der Waals surface area (Å²) in [7, 11) is -3.91. The summed E-state index contributed by atoms with van der Waals surface area (Å²) in [5, 5.41) is 0. The van der Waals surface area contributed by atoms with E-state index in [9.17, 15) is 13.0 Å². The van der Waals surface area contributed by atoms with Crippen molar-refractivity contribution in [1.82, 2.24) is 0 Å². The molecule has 0 atom stereocenters. The molecule has 5 heteroatoms. The van der Waals surface area contributed by atoms with Gasteiger partial charge in [0.25, 0.3) is 0 Å². The molecule has 3 nitrogen and oxygen atoms in total. The van der Waals surface area contributed by atoms with Crippen LogP contribution in [-0.2, 0) is 10.1 Å². The maximum absolute atomic E-state index is 9.93. The van der Waals surface area contributed by atoms with Crippen molar-refractivity contribution in [1.29, 1.82) is 0 Å². The van der Waals surface area contributed by atoms with Gasteiger partial charge in [0.2, 0.25) is 0 Å². The maximum atomic E-state index is 9.93. The van der Waals surface area contributed by atoms with Crippen LogP contribution in [0.5, 0.6) is 0 Å². The van der Waals surface area contributed by atoms with E-state index in [0.717, 1.165) is 12.8 Å². The van der Waals surface area contributed by atoms with Gasteiger partial charge in [0, 0.05) is 5.75 Å². The van der Waals surface area contributed by atoms with Crippen molar-refractivity contribution in [3.05, 3.63) is 0 Å². The topological polar surface area (TPSA) is 57.2 Å². The van der Waals surface area contributed by atoms with Crippen LogP contribution in [0, 0.1) is 5.92 Å². The summed E-state index contributed by atoms with van der Waals surface area (Å²) in [6.07, 6.45) is 1.84. The van der Waals surface area contributed by atoms with Gasteiger partial charge >= 0.3 is 29.6 Å². The molecule has 0 heterocycles. The van der Waals surface area contributed by atoms with E-state index in [-0.39, 0.29) is 41.2 Å². The second-order valence-electron chi connectivity index (χ2n) is 2.17. The number of rotatable bonds is 2. The van der Waals surface area contributed by atoms with Crippen LogP contribution in [0.25, 0.3) is 0 Å². The van der Waals surface area contributed by atoms with Gasteiger partial charge in [-0.15, -0.1) is 0 Å². The maximum Gasteiger partial charge on any atom is 1.00 e. The summed E-state index contributed by atoms with van der Waals surface area (Å²) in [4.78, 5) is 0. The van der Waals surface area contributed by atoms with Crippen LogP contribution in [0.3, 0.4) is 0 Å². The largest absolute Gasteiger partial charge is 1.00 e. The fraction of sp³-hybridized carbons (Fsp3) is 1.00. The van der Waals surface area contributed by atoms with Gasteiger partial charge < -0.3 is 4.55 Å². The predicted octanol–water partition coefficient (Wildman–Crippen LogP) is -3.05. The van der Waals surface area contributed by atoms with Crippen molar-refractivity contribution in [2.75, 3.05) is 5.75 Å². The third kappa shape index (κ3) is 5.36. The molecule has 1 rings (SSSR count). The summed E-state index contributed by atoms with van der Waals surface area (Å²) in [6.45, 7) is 0. The molecular weight excluding hydrogens is 151 g/mol. The molecular formula is C4H7NaO3S. The molecule has 0 aliphatic heterocycles. The molecule has 0 aromatic carbocycles. The van der Waals surface area contributed by atoms with Crippen molar-refractivity contribution >= 4 is 10.1 Å². The molecule has 0 bridgehead atoms. The summed E-state index contributed by atoms with van der Waals surface area (Å²) in [5.41, 5.74) is 0. The smallest absolute Gasteiger partial charge is 0.748 e. The first-order valence-electron chi connectivity index (χ1n) is 2.51. The van der Waals surface area contributed by atoms with E-state index in [4.69, 9.17) is 0 Å². The fourth-order valence-electron chi connectivity index (χ4n) is 0.573. The molecule has 1 fully saturated rings. The summed E-state index contributed by atoms with van der Waals surface area (Å²) in [5.74, 6) is 0.0463. The minimum atomic E-state index is -3.91. The quantitative estimate of drug-likeness (QED) is 0.317. The van der Waals surface area contributed by atoms with Crippen LogP contribution in [-0.4, -0.2) is 18.7 Å².